The molecule has 1 N–H and O–H groups in total. The van der Waals surface area contributed by atoms with E-state index in [2.05, 4.69) is 31.3 Å². The molecule has 1 aliphatic rings. The van der Waals surface area contributed by atoms with E-state index in [1.807, 2.05) is 25.1 Å². The van der Waals surface area contributed by atoms with Gasteiger partial charge >= 0.3 is 0 Å². The molecule has 1 aliphatic heterocycles. The molecule has 0 bridgehead atoms. The number of methoxy groups -OCH3 is 1. The number of ketones is 1. The largest absolute Gasteiger partial charge is 0.496 e. The first-order valence-electron chi connectivity index (χ1n) is 6.74. The summed E-state index contributed by atoms with van der Waals surface area (Å²) < 4.78 is 7.81. The molecular weight excluding hydrogens is 348 g/mol. The number of ether oxygens (including phenoxy) is 1. The van der Waals surface area contributed by atoms with E-state index in [1.165, 1.54) is 6.33 Å². The summed E-state index contributed by atoms with van der Waals surface area (Å²) in [6, 6.07) is 5.43. The molecule has 6 nitrogen and oxygen atoms in total. The minimum absolute atomic E-state index is 0.00286. The summed E-state index contributed by atoms with van der Waals surface area (Å²) >= 11 is 3.49. The molecule has 2 aromatic rings. The average Bonchev–Trinajstić information content (AvgIpc) is 2.93. The Morgan fingerprint density at radius 1 is 1.45 bits per heavy atom. The third kappa shape index (κ3) is 2.31. The molecule has 3 rings (SSSR count). The van der Waals surface area contributed by atoms with E-state index in [-0.39, 0.29) is 11.8 Å². The van der Waals surface area contributed by atoms with Crippen molar-refractivity contribution in [2.24, 2.45) is 0 Å². The molecule has 1 aromatic heterocycles. The topological polar surface area (TPSA) is 69.0 Å². The third-order valence-corrected chi connectivity index (χ3v) is 4.28. The molecule has 7 heteroatoms. The number of Topliss-reactive ketones (excluding diaryl/α,β-unsaturated/α-hetero) is 1. The van der Waals surface area contributed by atoms with Crippen molar-refractivity contribution in [1.82, 2.24) is 14.8 Å². The zero-order valence-electron chi connectivity index (χ0n) is 12.4. The minimum atomic E-state index is -0.307. The van der Waals surface area contributed by atoms with Gasteiger partial charge in [0, 0.05) is 11.3 Å². The van der Waals surface area contributed by atoms with E-state index in [0.717, 1.165) is 21.5 Å². The molecule has 0 amide bonds. The predicted octanol–water partition coefficient (Wildman–Crippen LogP) is 2.93. The van der Waals surface area contributed by atoms with Crippen molar-refractivity contribution < 1.29 is 9.53 Å². The van der Waals surface area contributed by atoms with Crippen LogP contribution in [0.4, 0.5) is 5.95 Å². The second-order valence-corrected chi connectivity index (χ2v) is 5.90. The molecule has 1 atom stereocenters. The lowest BCUT2D eigenvalue weighted by atomic mass is 9.93. The van der Waals surface area contributed by atoms with E-state index < -0.39 is 0 Å². The van der Waals surface area contributed by atoms with E-state index >= 15 is 0 Å². The lowest BCUT2D eigenvalue weighted by molar-refractivity contribution is -0.114. The van der Waals surface area contributed by atoms with Gasteiger partial charge in [-0.1, -0.05) is 6.07 Å². The summed E-state index contributed by atoms with van der Waals surface area (Å²) in [5.74, 6) is 1.36. The quantitative estimate of drug-likeness (QED) is 0.908. The third-order valence-electron chi connectivity index (χ3n) is 3.67. The maximum Gasteiger partial charge on any atom is 0.226 e. The van der Waals surface area contributed by atoms with Crippen molar-refractivity contribution in [1.29, 1.82) is 0 Å². The van der Waals surface area contributed by atoms with Crippen LogP contribution in [0.3, 0.4) is 0 Å². The van der Waals surface area contributed by atoms with Gasteiger partial charge in [-0.05, 0) is 47.5 Å². The Labute approximate surface area is 136 Å². The molecule has 0 fully saturated rings. The molecular formula is C15H15BrN4O2. The lowest BCUT2D eigenvalue weighted by Gasteiger charge is -2.28. The van der Waals surface area contributed by atoms with Crippen molar-refractivity contribution in [3.8, 4) is 5.75 Å². The molecule has 0 saturated heterocycles. The Morgan fingerprint density at radius 2 is 2.23 bits per heavy atom. The first-order valence-corrected chi connectivity index (χ1v) is 7.54. The van der Waals surface area contributed by atoms with E-state index in [9.17, 15) is 4.79 Å². The number of halogens is 1. The highest BCUT2D eigenvalue weighted by Gasteiger charge is 2.31. The molecule has 22 heavy (non-hydrogen) atoms. The number of fused-ring (bicyclic) bond motifs is 1. The first-order chi connectivity index (χ1) is 10.5. The van der Waals surface area contributed by atoms with Gasteiger partial charge in [0.05, 0.1) is 11.6 Å². The smallest absolute Gasteiger partial charge is 0.226 e. The first kappa shape index (κ1) is 14.8. The summed E-state index contributed by atoms with van der Waals surface area (Å²) in [7, 11) is 1.62. The molecule has 0 saturated carbocycles. The van der Waals surface area contributed by atoms with Crippen LogP contribution in [0.1, 0.15) is 25.5 Å². The van der Waals surface area contributed by atoms with Gasteiger partial charge < -0.3 is 10.1 Å². The number of nitrogens with one attached hydrogen (secondary N) is 1. The van der Waals surface area contributed by atoms with Gasteiger partial charge in [0.1, 0.15) is 18.1 Å². The number of carbonyl (C=O) groups excluding carboxylic acids is 1. The summed E-state index contributed by atoms with van der Waals surface area (Å²) in [6.45, 7) is 3.44. The maximum atomic E-state index is 12.1. The molecule has 114 valence electrons. The van der Waals surface area contributed by atoms with E-state index in [1.54, 1.807) is 18.7 Å². The van der Waals surface area contributed by atoms with Gasteiger partial charge in [-0.3, -0.25) is 4.79 Å². The number of hydrogen-bond acceptors (Lipinski definition) is 5. The van der Waals surface area contributed by atoms with Crippen LogP contribution in [-0.4, -0.2) is 27.7 Å². The molecule has 1 aromatic carbocycles. The van der Waals surface area contributed by atoms with Crippen LogP contribution in [-0.2, 0) is 4.79 Å². The number of rotatable bonds is 3. The zero-order chi connectivity index (χ0) is 15.9. The molecule has 1 unspecified atom stereocenters. The van der Waals surface area contributed by atoms with E-state index in [4.69, 9.17) is 4.74 Å². The van der Waals surface area contributed by atoms with Crippen LogP contribution in [0.5, 0.6) is 5.75 Å². The van der Waals surface area contributed by atoms with Gasteiger partial charge in [-0.25, -0.2) is 4.68 Å². The highest BCUT2D eigenvalue weighted by molar-refractivity contribution is 9.10. The maximum absolute atomic E-state index is 12.1. The van der Waals surface area contributed by atoms with Gasteiger partial charge in [0.25, 0.3) is 0 Å². The standard InChI is InChI=1S/C15H15BrN4O2/c1-8-13(9(2)21)14(20-15(19-8)17-7-18-20)10-4-5-12(22-3)11(16)6-10/h4-7,14H,1-3H3,(H,17,18,19). The Bertz CT molecular complexity index is 782. The number of benzene rings is 1. The van der Waals surface area contributed by atoms with Crippen LogP contribution in [0.25, 0.3) is 0 Å². The van der Waals surface area contributed by atoms with Gasteiger partial charge in [-0.2, -0.15) is 10.1 Å². The van der Waals surface area contributed by atoms with Gasteiger partial charge in [0.15, 0.2) is 5.78 Å². The van der Waals surface area contributed by atoms with E-state index in [0.29, 0.717) is 11.5 Å². The fraction of sp³-hybridized carbons (Fsp3) is 0.267. The van der Waals surface area contributed by atoms with Crippen LogP contribution in [0, 0.1) is 0 Å². The second kappa shape index (κ2) is 5.57. The lowest BCUT2D eigenvalue weighted by Crippen LogP contribution is -2.27. The van der Waals surface area contributed by atoms with Crippen LogP contribution >= 0.6 is 15.9 Å². The summed E-state index contributed by atoms with van der Waals surface area (Å²) in [4.78, 5) is 16.3. The monoisotopic (exact) mass is 362 g/mol. The molecule has 0 radical (unpaired) electrons. The summed E-state index contributed by atoms with van der Waals surface area (Å²) in [6.07, 6.45) is 1.48. The Balaban J connectivity index is 2.18. The Kier molecular flexibility index (Phi) is 3.74. The van der Waals surface area contributed by atoms with Crippen molar-refractivity contribution in [3.63, 3.8) is 0 Å². The minimum Gasteiger partial charge on any atom is -0.496 e. The van der Waals surface area contributed by atoms with Crippen molar-refractivity contribution in [2.75, 3.05) is 12.4 Å². The predicted molar refractivity (Wildman–Crippen MR) is 85.9 cm³/mol. The Hall–Kier alpha value is -2.15. The second-order valence-electron chi connectivity index (χ2n) is 5.04. The molecule has 0 aliphatic carbocycles. The molecule has 0 spiro atoms. The van der Waals surface area contributed by atoms with Crippen molar-refractivity contribution in [2.45, 2.75) is 19.9 Å². The summed E-state index contributed by atoms with van der Waals surface area (Å²) in [5.41, 5.74) is 2.41. The number of nitrogens with zero attached hydrogens (tertiary/aromatic N) is 3. The average molecular weight is 363 g/mol. The van der Waals surface area contributed by atoms with Crippen LogP contribution in [0.15, 0.2) is 40.3 Å². The number of allylic oxidation sites excluding steroid dienone is 2. The van der Waals surface area contributed by atoms with Crippen LogP contribution in [0.2, 0.25) is 0 Å². The zero-order valence-corrected chi connectivity index (χ0v) is 14.0. The number of hydrogen-bond donors (Lipinski definition) is 1. The number of anilines is 1. The van der Waals surface area contributed by atoms with Crippen LogP contribution < -0.4 is 10.1 Å². The number of carbonyl (C=O) groups is 1. The fourth-order valence-electron chi connectivity index (χ4n) is 2.71. The number of aromatic nitrogens is 3. The highest BCUT2D eigenvalue weighted by Crippen LogP contribution is 2.37. The normalized spacial score (nSPS) is 17.0. The van der Waals surface area contributed by atoms with Crippen molar-refractivity contribution in [3.05, 3.63) is 45.8 Å². The van der Waals surface area contributed by atoms with Crippen molar-refractivity contribution >= 4 is 27.7 Å². The molecule has 2 heterocycles. The highest BCUT2D eigenvalue weighted by atomic mass is 79.9. The Morgan fingerprint density at radius 3 is 2.86 bits per heavy atom. The fourth-order valence-corrected chi connectivity index (χ4v) is 3.27. The summed E-state index contributed by atoms with van der Waals surface area (Å²) in [5, 5.41) is 7.38. The van der Waals surface area contributed by atoms with Gasteiger partial charge in [0.2, 0.25) is 5.95 Å². The van der Waals surface area contributed by atoms with Gasteiger partial charge in [-0.15, -0.1) is 0 Å². The SMILES string of the molecule is COc1ccc(C2C(C(C)=O)=C(C)Nc3ncnn32)cc1Br.